The van der Waals surface area contributed by atoms with E-state index in [2.05, 4.69) is 120 Å². The molecule has 3 heterocycles. The van der Waals surface area contributed by atoms with E-state index in [1.807, 2.05) is 66.7 Å². The van der Waals surface area contributed by atoms with E-state index in [-0.39, 0.29) is 0 Å². The Balaban J connectivity index is 1.29. The maximum absolute atomic E-state index is 5.27. The molecule has 0 saturated carbocycles. The zero-order valence-electron chi connectivity index (χ0n) is 28.1. The summed E-state index contributed by atoms with van der Waals surface area (Å²) >= 11 is 0. The smallest absolute Gasteiger partial charge is 0.160 e. The van der Waals surface area contributed by atoms with Crippen molar-refractivity contribution in [2.75, 3.05) is 0 Å². The Hall–Kier alpha value is -7.11. The van der Waals surface area contributed by atoms with Crippen LogP contribution in [0.4, 0.5) is 0 Å². The first-order valence-corrected chi connectivity index (χ1v) is 17.2. The normalized spacial score (nSPS) is 11.1. The molecule has 3 aromatic heterocycles. The monoisotopic (exact) mass is 665 g/mol. The van der Waals surface area contributed by atoms with Crippen molar-refractivity contribution in [2.45, 2.75) is 0 Å². The standard InChI is InChI=1S/C47H31N5/c1-5-15-32(16-6-1)36-25-37(33-17-7-2-8-18-33)27-38(26-36)47-51-45(43-29-42(48-31-49-43)35-21-11-4-12-22-35)30-46(52-47)44-28-40(34-19-9-3-10-20-34)39-23-13-14-24-41(39)50-44/h1-31H. The molecule has 0 fully saturated rings. The van der Waals surface area contributed by atoms with E-state index in [1.54, 1.807) is 6.33 Å². The lowest BCUT2D eigenvalue weighted by Crippen LogP contribution is -2.00. The molecule has 5 heteroatoms. The first-order valence-electron chi connectivity index (χ1n) is 17.2. The lowest BCUT2D eigenvalue weighted by molar-refractivity contribution is 1.12. The summed E-state index contributed by atoms with van der Waals surface area (Å²) < 4.78 is 0. The molecule has 0 aliphatic rings. The van der Waals surface area contributed by atoms with Crippen molar-refractivity contribution < 1.29 is 0 Å². The summed E-state index contributed by atoms with van der Waals surface area (Å²) in [6.45, 7) is 0. The number of nitrogens with zero attached hydrogens (tertiary/aromatic N) is 5. The van der Waals surface area contributed by atoms with Crippen LogP contribution in [0.25, 0.3) is 89.7 Å². The van der Waals surface area contributed by atoms with E-state index in [4.69, 9.17) is 19.9 Å². The zero-order chi connectivity index (χ0) is 34.7. The van der Waals surface area contributed by atoms with Gasteiger partial charge in [0.2, 0.25) is 0 Å². The Morgan fingerprint density at radius 1 is 0.288 bits per heavy atom. The number of fused-ring (bicyclic) bond motifs is 1. The van der Waals surface area contributed by atoms with Gasteiger partial charge in [0.1, 0.15) is 6.33 Å². The van der Waals surface area contributed by atoms with Crippen LogP contribution in [-0.4, -0.2) is 24.9 Å². The SMILES string of the molecule is c1ccc(-c2cc(-c3ccccc3)cc(-c3nc(-c4cc(-c5ccccc5)ncn4)cc(-c4cc(-c5ccccc5)c5ccccc5n4)n3)c2)cc1. The van der Waals surface area contributed by atoms with Crippen LogP contribution in [0.1, 0.15) is 0 Å². The summed E-state index contributed by atoms with van der Waals surface area (Å²) in [6.07, 6.45) is 1.60. The Kier molecular flexibility index (Phi) is 8.12. The van der Waals surface area contributed by atoms with Crippen LogP contribution in [0.2, 0.25) is 0 Å². The molecule has 0 spiro atoms. The van der Waals surface area contributed by atoms with E-state index < -0.39 is 0 Å². The van der Waals surface area contributed by atoms with Gasteiger partial charge < -0.3 is 0 Å². The van der Waals surface area contributed by atoms with Gasteiger partial charge in [0.15, 0.2) is 5.82 Å². The van der Waals surface area contributed by atoms with Crippen LogP contribution in [0.3, 0.4) is 0 Å². The first-order chi connectivity index (χ1) is 25.7. The maximum atomic E-state index is 5.27. The van der Waals surface area contributed by atoms with Crippen LogP contribution in [0, 0.1) is 0 Å². The summed E-state index contributed by atoms with van der Waals surface area (Å²) in [5.41, 5.74) is 13.0. The molecule has 0 amide bonds. The highest BCUT2D eigenvalue weighted by atomic mass is 14.9. The van der Waals surface area contributed by atoms with Gasteiger partial charge in [-0.25, -0.2) is 24.9 Å². The van der Waals surface area contributed by atoms with E-state index >= 15 is 0 Å². The van der Waals surface area contributed by atoms with Crippen LogP contribution in [0.5, 0.6) is 0 Å². The molecule has 0 aliphatic heterocycles. The minimum absolute atomic E-state index is 0.582. The molecule has 6 aromatic carbocycles. The van der Waals surface area contributed by atoms with Gasteiger partial charge in [-0.2, -0.15) is 0 Å². The first kappa shape index (κ1) is 30.9. The molecular weight excluding hydrogens is 635 g/mol. The lowest BCUT2D eigenvalue weighted by Gasteiger charge is -2.14. The number of pyridine rings is 1. The molecular formula is C47H31N5. The molecule has 0 bridgehead atoms. The fourth-order valence-corrected chi connectivity index (χ4v) is 6.62. The minimum atomic E-state index is 0.582. The van der Waals surface area contributed by atoms with E-state index in [0.29, 0.717) is 22.9 Å². The summed E-state index contributed by atoms with van der Waals surface area (Å²) in [6, 6.07) is 62.4. The van der Waals surface area contributed by atoms with Crippen LogP contribution >= 0.6 is 0 Å². The zero-order valence-corrected chi connectivity index (χ0v) is 28.1. The molecule has 9 rings (SSSR count). The van der Waals surface area contributed by atoms with E-state index in [1.165, 1.54) is 0 Å². The average Bonchev–Trinajstić information content (AvgIpc) is 3.24. The summed E-state index contributed by atoms with van der Waals surface area (Å²) in [5.74, 6) is 0.582. The predicted octanol–water partition coefficient (Wildman–Crippen LogP) is 11.5. The number of rotatable bonds is 7. The second kappa shape index (κ2) is 13.7. The van der Waals surface area contributed by atoms with Gasteiger partial charge in [-0.3, -0.25) is 0 Å². The predicted molar refractivity (Wildman–Crippen MR) is 211 cm³/mol. The molecule has 0 saturated heterocycles. The van der Waals surface area contributed by atoms with Gasteiger partial charge >= 0.3 is 0 Å². The molecule has 9 aromatic rings. The molecule has 0 radical (unpaired) electrons. The molecule has 0 unspecified atom stereocenters. The van der Waals surface area contributed by atoms with Gasteiger partial charge in [0.05, 0.1) is 34.0 Å². The van der Waals surface area contributed by atoms with Gasteiger partial charge in [0, 0.05) is 16.5 Å². The van der Waals surface area contributed by atoms with E-state index in [0.717, 1.165) is 66.8 Å². The van der Waals surface area contributed by atoms with Crippen LogP contribution in [-0.2, 0) is 0 Å². The van der Waals surface area contributed by atoms with E-state index in [9.17, 15) is 0 Å². The Labute approximate surface area is 302 Å². The third-order valence-corrected chi connectivity index (χ3v) is 9.19. The lowest BCUT2D eigenvalue weighted by atomic mass is 9.95. The van der Waals surface area contributed by atoms with Gasteiger partial charge in [-0.15, -0.1) is 0 Å². The van der Waals surface area contributed by atoms with Crippen molar-refractivity contribution in [1.29, 1.82) is 0 Å². The van der Waals surface area contributed by atoms with Crippen molar-refractivity contribution in [1.82, 2.24) is 24.9 Å². The second-order valence-electron chi connectivity index (χ2n) is 12.6. The Morgan fingerprint density at radius 3 is 1.38 bits per heavy atom. The molecule has 0 atom stereocenters. The Morgan fingerprint density at radius 2 is 0.750 bits per heavy atom. The van der Waals surface area contributed by atoms with Crippen LogP contribution in [0.15, 0.2) is 188 Å². The second-order valence-corrected chi connectivity index (χ2v) is 12.6. The minimum Gasteiger partial charge on any atom is -0.246 e. The molecule has 5 nitrogen and oxygen atoms in total. The molecule has 52 heavy (non-hydrogen) atoms. The van der Waals surface area contributed by atoms with Gasteiger partial charge in [0.25, 0.3) is 0 Å². The summed E-state index contributed by atoms with van der Waals surface area (Å²) in [7, 11) is 0. The van der Waals surface area contributed by atoms with Crippen LogP contribution < -0.4 is 0 Å². The number of aromatic nitrogens is 5. The third kappa shape index (κ3) is 6.23. The van der Waals surface area contributed by atoms with Crippen molar-refractivity contribution in [2.24, 2.45) is 0 Å². The number of benzene rings is 6. The van der Waals surface area contributed by atoms with Crippen molar-refractivity contribution >= 4 is 10.9 Å². The summed E-state index contributed by atoms with van der Waals surface area (Å²) in [4.78, 5) is 25.0. The third-order valence-electron chi connectivity index (χ3n) is 9.19. The molecule has 0 N–H and O–H groups in total. The molecule has 244 valence electrons. The average molecular weight is 666 g/mol. The quantitative estimate of drug-likeness (QED) is 0.169. The highest BCUT2D eigenvalue weighted by Gasteiger charge is 2.17. The van der Waals surface area contributed by atoms with Crippen molar-refractivity contribution in [3.05, 3.63) is 188 Å². The van der Waals surface area contributed by atoms with Crippen molar-refractivity contribution in [3.63, 3.8) is 0 Å². The van der Waals surface area contributed by atoms with Gasteiger partial charge in [-0.1, -0.05) is 140 Å². The highest BCUT2D eigenvalue weighted by Crippen LogP contribution is 2.36. The maximum Gasteiger partial charge on any atom is 0.160 e. The number of para-hydroxylation sites is 1. The fourth-order valence-electron chi connectivity index (χ4n) is 6.62. The molecule has 0 aliphatic carbocycles. The fraction of sp³-hybridized carbons (Fsp3) is 0. The van der Waals surface area contributed by atoms with Crippen molar-refractivity contribution in [3.8, 4) is 78.8 Å². The highest BCUT2D eigenvalue weighted by molar-refractivity contribution is 5.96. The topological polar surface area (TPSA) is 64.5 Å². The number of hydrogen-bond acceptors (Lipinski definition) is 5. The largest absolute Gasteiger partial charge is 0.246 e. The number of hydrogen-bond donors (Lipinski definition) is 0. The van der Waals surface area contributed by atoms with Gasteiger partial charge in [-0.05, 0) is 75.8 Å². The Bertz CT molecular complexity index is 2600. The summed E-state index contributed by atoms with van der Waals surface area (Å²) in [5, 5.41) is 1.08.